The minimum absolute atomic E-state index is 0.0710. The van der Waals surface area contributed by atoms with Crippen molar-refractivity contribution in [2.24, 2.45) is 0 Å². The van der Waals surface area contributed by atoms with Crippen LogP contribution in [-0.4, -0.2) is 48.4 Å². The average molecular weight is 261 g/mol. The van der Waals surface area contributed by atoms with Crippen molar-refractivity contribution in [3.63, 3.8) is 0 Å². The molecule has 0 aromatic carbocycles. The third-order valence-electron chi connectivity index (χ3n) is 3.82. The molecule has 1 aromatic heterocycles. The largest absolute Gasteiger partial charge is 0.352 e. The standard InChI is InChI=1S/C15H23N3O/c1-4-14-11-17(3)8-5-9-18(14)15-7-6-13(10-16-15)12(2)19/h6-7,10,14H,4-5,8-9,11H2,1-3H3. The Labute approximate surface area is 115 Å². The monoisotopic (exact) mass is 261 g/mol. The number of hydrogen-bond donors (Lipinski definition) is 0. The van der Waals surface area contributed by atoms with E-state index in [1.807, 2.05) is 12.1 Å². The number of pyridine rings is 1. The number of rotatable bonds is 3. The minimum Gasteiger partial charge on any atom is -0.352 e. The van der Waals surface area contributed by atoms with Crippen LogP contribution in [-0.2, 0) is 0 Å². The highest BCUT2D eigenvalue weighted by Crippen LogP contribution is 2.20. The maximum Gasteiger partial charge on any atom is 0.161 e. The molecule has 1 atom stereocenters. The molecule has 0 bridgehead atoms. The van der Waals surface area contributed by atoms with Crippen LogP contribution in [0.2, 0.25) is 0 Å². The van der Waals surface area contributed by atoms with Crippen LogP contribution >= 0.6 is 0 Å². The Hall–Kier alpha value is -1.42. The zero-order valence-corrected chi connectivity index (χ0v) is 12.1. The lowest BCUT2D eigenvalue weighted by Crippen LogP contribution is -2.40. The summed E-state index contributed by atoms with van der Waals surface area (Å²) in [5, 5.41) is 0. The molecule has 2 heterocycles. The number of ketones is 1. The number of likely N-dealkylation sites (N-methyl/N-ethyl adjacent to an activating group) is 1. The summed E-state index contributed by atoms with van der Waals surface area (Å²) in [6.45, 7) is 7.05. The summed E-state index contributed by atoms with van der Waals surface area (Å²) in [5.74, 6) is 1.06. The molecule has 19 heavy (non-hydrogen) atoms. The van der Waals surface area contributed by atoms with Crippen LogP contribution in [0.3, 0.4) is 0 Å². The summed E-state index contributed by atoms with van der Waals surface area (Å²) in [4.78, 5) is 20.5. The van der Waals surface area contributed by atoms with Gasteiger partial charge in [0.15, 0.2) is 5.78 Å². The number of nitrogens with zero attached hydrogens (tertiary/aromatic N) is 3. The van der Waals surface area contributed by atoms with Crippen molar-refractivity contribution in [2.45, 2.75) is 32.7 Å². The van der Waals surface area contributed by atoms with Gasteiger partial charge in [0, 0.05) is 30.9 Å². The van der Waals surface area contributed by atoms with Gasteiger partial charge in [-0.25, -0.2) is 4.98 Å². The van der Waals surface area contributed by atoms with Crippen LogP contribution in [0.1, 0.15) is 37.0 Å². The Balaban J connectivity index is 2.20. The number of hydrogen-bond acceptors (Lipinski definition) is 4. The topological polar surface area (TPSA) is 36.4 Å². The molecule has 0 N–H and O–H groups in total. The van der Waals surface area contributed by atoms with E-state index in [2.05, 4.69) is 28.8 Å². The second-order valence-corrected chi connectivity index (χ2v) is 5.33. The van der Waals surface area contributed by atoms with E-state index in [-0.39, 0.29) is 5.78 Å². The normalized spacial score (nSPS) is 21.2. The lowest BCUT2D eigenvalue weighted by Gasteiger charge is -2.31. The summed E-state index contributed by atoms with van der Waals surface area (Å²) in [7, 11) is 2.18. The fourth-order valence-electron chi connectivity index (χ4n) is 2.66. The number of Topliss-reactive ketones (excluding diaryl/α,β-unsaturated/α-hetero) is 1. The van der Waals surface area contributed by atoms with Crippen LogP contribution in [0.5, 0.6) is 0 Å². The van der Waals surface area contributed by atoms with Gasteiger partial charge in [0.2, 0.25) is 0 Å². The van der Waals surface area contributed by atoms with Gasteiger partial charge in [-0.15, -0.1) is 0 Å². The molecule has 4 nitrogen and oxygen atoms in total. The zero-order valence-electron chi connectivity index (χ0n) is 12.1. The van der Waals surface area contributed by atoms with E-state index in [0.717, 1.165) is 38.3 Å². The van der Waals surface area contributed by atoms with Crippen molar-refractivity contribution in [3.05, 3.63) is 23.9 Å². The van der Waals surface area contributed by atoms with E-state index in [1.54, 1.807) is 13.1 Å². The van der Waals surface area contributed by atoms with Gasteiger partial charge in [-0.1, -0.05) is 6.92 Å². The van der Waals surface area contributed by atoms with Crippen molar-refractivity contribution < 1.29 is 4.79 Å². The second kappa shape index (κ2) is 6.15. The predicted octanol–water partition coefficient (Wildman–Crippen LogP) is 2.20. The Morgan fingerprint density at radius 2 is 2.21 bits per heavy atom. The van der Waals surface area contributed by atoms with Gasteiger partial charge in [-0.3, -0.25) is 4.79 Å². The Morgan fingerprint density at radius 1 is 1.42 bits per heavy atom. The first-order valence-electron chi connectivity index (χ1n) is 7.04. The van der Waals surface area contributed by atoms with Gasteiger partial charge in [0.1, 0.15) is 5.82 Å². The SMILES string of the molecule is CCC1CN(C)CCCN1c1ccc(C(C)=O)cn1. The molecule has 0 aliphatic carbocycles. The van der Waals surface area contributed by atoms with E-state index >= 15 is 0 Å². The smallest absolute Gasteiger partial charge is 0.161 e. The van der Waals surface area contributed by atoms with E-state index in [0.29, 0.717) is 11.6 Å². The van der Waals surface area contributed by atoms with Crippen molar-refractivity contribution in [1.82, 2.24) is 9.88 Å². The summed E-state index contributed by atoms with van der Waals surface area (Å²) in [6.07, 6.45) is 3.96. The number of carbonyl (C=O) groups is 1. The Morgan fingerprint density at radius 3 is 2.79 bits per heavy atom. The van der Waals surface area contributed by atoms with Gasteiger partial charge in [-0.05, 0) is 45.5 Å². The van der Waals surface area contributed by atoms with Gasteiger partial charge >= 0.3 is 0 Å². The van der Waals surface area contributed by atoms with E-state index in [4.69, 9.17) is 0 Å². The Bertz CT molecular complexity index is 430. The van der Waals surface area contributed by atoms with Crippen molar-refractivity contribution >= 4 is 11.6 Å². The van der Waals surface area contributed by atoms with E-state index in [1.165, 1.54) is 0 Å². The fourth-order valence-corrected chi connectivity index (χ4v) is 2.66. The lowest BCUT2D eigenvalue weighted by molar-refractivity contribution is 0.101. The third kappa shape index (κ3) is 3.32. The zero-order chi connectivity index (χ0) is 13.8. The number of carbonyl (C=O) groups excluding carboxylic acids is 1. The van der Waals surface area contributed by atoms with Crippen molar-refractivity contribution in [1.29, 1.82) is 0 Å². The average Bonchev–Trinajstić information content (AvgIpc) is 2.60. The molecule has 1 saturated heterocycles. The Kier molecular flexibility index (Phi) is 4.53. The summed E-state index contributed by atoms with van der Waals surface area (Å²) in [6, 6.07) is 4.36. The van der Waals surface area contributed by atoms with Gasteiger partial charge < -0.3 is 9.80 Å². The molecule has 1 aromatic rings. The first kappa shape index (κ1) is 14.0. The predicted molar refractivity (Wildman–Crippen MR) is 77.8 cm³/mol. The van der Waals surface area contributed by atoms with Gasteiger partial charge in [0.05, 0.1) is 0 Å². The molecular formula is C15H23N3O. The number of anilines is 1. The van der Waals surface area contributed by atoms with Crippen LogP contribution in [0, 0.1) is 0 Å². The highest BCUT2D eigenvalue weighted by molar-refractivity contribution is 5.93. The molecule has 4 heteroatoms. The van der Waals surface area contributed by atoms with Gasteiger partial charge in [-0.2, -0.15) is 0 Å². The molecule has 1 unspecified atom stereocenters. The van der Waals surface area contributed by atoms with E-state index < -0.39 is 0 Å². The molecule has 1 aliphatic heterocycles. The molecular weight excluding hydrogens is 238 g/mol. The first-order chi connectivity index (χ1) is 9.11. The maximum atomic E-state index is 11.3. The second-order valence-electron chi connectivity index (χ2n) is 5.33. The van der Waals surface area contributed by atoms with Gasteiger partial charge in [0.25, 0.3) is 0 Å². The molecule has 0 spiro atoms. The summed E-state index contributed by atoms with van der Waals surface area (Å²) in [5.41, 5.74) is 0.684. The van der Waals surface area contributed by atoms with Crippen molar-refractivity contribution in [2.75, 3.05) is 31.6 Å². The highest BCUT2D eigenvalue weighted by Gasteiger charge is 2.22. The minimum atomic E-state index is 0.0710. The summed E-state index contributed by atoms with van der Waals surface area (Å²) < 4.78 is 0. The molecule has 1 aliphatic rings. The molecule has 0 saturated carbocycles. The van der Waals surface area contributed by atoms with Crippen LogP contribution in [0.15, 0.2) is 18.3 Å². The van der Waals surface area contributed by atoms with Crippen LogP contribution in [0.25, 0.3) is 0 Å². The maximum absolute atomic E-state index is 11.3. The third-order valence-corrected chi connectivity index (χ3v) is 3.82. The van der Waals surface area contributed by atoms with E-state index in [9.17, 15) is 4.79 Å². The fraction of sp³-hybridized carbons (Fsp3) is 0.600. The van der Waals surface area contributed by atoms with Crippen LogP contribution < -0.4 is 4.90 Å². The quantitative estimate of drug-likeness (QED) is 0.782. The highest BCUT2D eigenvalue weighted by atomic mass is 16.1. The molecule has 104 valence electrons. The first-order valence-corrected chi connectivity index (χ1v) is 7.04. The summed E-state index contributed by atoms with van der Waals surface area (Å²) >= 11 is 0. The molecule has 1 fully saturated rings. The van der Waals surface area contributed by atoms with Crippen molar-refractivity contribution in [3.8, 4) is 0 Å². The molecule has 0 amide bonds. The number of aromatic nitrogens is 1. The lowest BCUT2D eigenvalue weighted by atomic mass is 10.1. The molecule has 0 radical (unpaired) electrons. The molecule has 2 rings (SSSR count). The van der Waals surface area contributed by atoms with Crippen LogP contribution in [0.4, 0.5) is 5.82 Å².